The van der Waals surface area contributed by atoms with Crippen LogP contribution in [0.25, 0.3) is 0 Å². The minimum absolute atomic E-state index is 0.121. The van der Waals surface area contributed by atoms with Crippen molar-refractivity contribution in [1.29, 1.82) is 5.26 Å². The summed E-state index contributed by atoms with van der Waals surface area (Å²) >= 11 is 0. The number of rotatable bonds is 3. The Morgan fingerprint density at radius 2 is 2.29 bits per heavy atom. The number of nitriles is 1. The standard InChI is InChI=1S/C15H17N5O/c1-10(2)15-18-14(19-21-15)13-4-3-7-20(13)12-6-5-11(8-16)17-9-12/h5-6,9-10,13H,3-4,7H2,1-2H3. The smallest absolute Gasteiger partial charge is 0.229 e. The number of anilines is 1. The fourth-order valence-electron chi connectivity index (χ4n) is 2.58. The fraction of sp³-hybridized carbons (Fsp3) is 0.467. The molecule has 1 aliphatic rings. The van der Waals surface area contributed by atoms with E-state index in [-0.39, 0.29) is 12.0 Å². The Hall–Kier alpha value is -2.42. The molecule has 6 nitrogen and oxygen atoms in total. The van der Waals surface area contributed by atoms with E-state index in [4.69, 9.17) is 9.78 Å². The SMILES string of the molecule is CC(C)c1nc(C2CCCN2c2ccc(C#N)nc2)no1. The summed E-state index contributed by atoms with van der Waals surface area (Å²) in [5.41, 5.74) is 1.42. The van der Waals surface area contributed by atoms with Crippen LogP contribution < -0.4 is 4.90 Å². The van der Waals surface area contributed by atoms with E-state index in [2.05, 4.69) is 20.0 Å². The van der Waals surface area contributed by atoms with Crippen LogP contribution in [0.5, 0.6) is 0 Å². The van der Waals surface area contributed by atoms with Gasteiger partial charge in [0, 0.05) is 12.5 Å². The molecule has 2 aromatic heterocycles. The largest absolute Gasteiger partial charge is 0.360 e. The lowest BCUT2D eigenvalue weighted by atomic mass is 10.2. The molecule has 2 aromatic rings. The fourth-order valence-corrected chi connectivity index (χ4v) is 2.58. The highest BCUT2D eigenvalue weighted by atomic mass is 16.5. The molecule has 6 heteroatoms. The molecule has 0 spiro atoms. The third kappa shape index (κ3) is 2.59. The van der Waals surface area contributed by atoms with Crippen molar-refractivity contribution in [3.63, 3.8) is 0 Å². The van der Waals surface area contributed by atoms with Gasteiger partial charge in [-0.2, -0.15) is 10.2 Å². The summed E-state index contributed by atoms with van der Waals surface area (Å²) in [6.07, 6.45) is 3.81. The molecule has 3 heterocycles. The van der Waals surface area contributed by atoms with Gasteiger partial charge in [-0.3, -0.25) is 0 Å². The maximum atomic E-state index is 8.82. The van der Waals surface area contributed by atoms with Gasteiger partial charge in [0.1, 0.15) is 11.8 Å². The number of hydrogen-bond acceptors (Lipinski definition) is 6. The van der Waals surface area contributed by atoms with Crippen LogP contribution in [-0.4, -0.2) is 21.7 Å². The Morgan fingerprint density at radius 1 is 1.43 bits per heavy atom. The first-order chi connectivity index (χ1) is 10.2. The molecule has 1 atom stereocenters. The lowest BCUT2D eigenvalue weighted by molar-refractivity contribution is 0.358. The van der Waals surface area contributed by atoms with Gasteiger partial charge in [0.2, 0.25) is 5.89 Å². The zero-order valence-electron chi connectivity index (χ0n) is 12.2. The summed E-state index contributed by atoms with van der Waals surface area (Å²) in [5.74, 6) is 1.65. The highest BCUT2D eigenvalue weighted by Gasteiger charge is 2.30. The van der Waals surface area contributed by atoms with Gasteiger partial charge in [0.25, 0.3) is 0 Å². The van der Waals surface area contributed by atoms with E-state index in [1.807, 2.05) is 26.0 Å². The van der Waals surface area contributed by atoms with E-state index in [0.29, 0.717) is 11.6 Å². The molecule has 0 amide bonds. The molecule has 1 fully saturated rings. The average Bonchev–Trinajstić information content (AvgIpc) is 3.16. The van der Waals surface area contributed by atoms with Gasteiger partial charge in [0.05, 0.1) is 17.9 Å². The highest BCUT2D eigenvalue weighted by molar-refractivity contribution is 5.48. The lowest BCUT2D eigenvalue weighted by Gasteiger charge is -2.23. The van der Waals surface area contributed by atoms with Gasteiger partial charge < -0.3 is 9.42 Å². The van der Waals surface area contributed by atoms with E-state index < -0.39 is 0 Å². The van der Waals surface area contributed by atoms with Crippen molar-refractivity contribution in [2.24, 2.45) is 0 Å². The molecule has 3 rings (SSSR count). The predicted octanol–water partition coefficient (Wildman–Crippen LogP) is 2.80. The molecule has 1 aliphatic heterocycles. The molecule has 0 aliphatic carbocycles. The van der Waals surface area contributed by atoms with Gasteiger partial charge in [-0.15, -0.1) is 0 Å². The van der Waals surface area contributed by atoms with E-state index in [0.717, 1.165) is 30.9 Å². The molecule has 0 aromatic carbocycles. The average molecular weight is 283 g/mol. The summed E-state index contributed by atoms with van der Waals surface area (Å²) in [6.45, 7) is 5.01. The third-order valence-corrected chi connectivity index (χ3v) is 3.70. The number of aromatic nitrogens is 3. The van der Waals surface area contributed by atoms with E-state index >= 15 is 0 Å². The Morgan fingerprint density at radius 3 is 2.90 bits per heavy atom. The summed E-state index contributed by atoms with van der Waals surface area (Å²) < 4.78 is 5.31. The summed E-state index contributed by atoms with van der Waals surface area (Å²) in [5, 5.41) is 12.9. The molecule has 0 bridgehead atoms. The van der Waals surface area contributed by atoms with Gasteiger partial charge in [-0.05, 0) is 25.0 Å². The van der Waals surface area contributed by atoms with Crippen LogP contribution >= 0.6 is 0 Å². The topological polar surface area (TPSA) is 78.8 Å². The normalized spacial score (nSPS) is 18.2. The van der Waals surface area contributed by atoms with Crippen LogP contribution in [0.2, 0.25) is 0 Å². The molecule has 0 radical (unpaired) electrons. The molecular weight excluding hydrogens is 266 g/mol. The first-order valence-electron chi connectivity index (χ1n) is 7.15. The molecular formula is C15H17N5O. The second kappa shape index (κ2) is 5.52. The molecule has 1 unspecified atom stereocenters. The lowest BCUT2D eigenvalue weighted by Crippen LogP contribution is -2.23. The Kier molecular flexibility index (Phi) is 3.57. The zero-order chi connectivity index (χ0) is 14.8. The van der Waals surface area contributed by atoms with Crippen molar-refractivity contribution in [3.05, 3.63) is 35.7 Å². The zero-order valence-corrected chi connectivity index (χ0v) is 12.2. The summed E-state index contributed by atoms with van der Waals surface area (Å²) in [7, 11) is 0. The first-order valence-corrected chi connectivity index (χ1v) is 7.15. The van der Waals surface area contributed by atoms with Gasteiger partial charge in [-0.1, -0.05) is 19.0 Å². The quantitative estimate of drug-likeness (QED) is 0.861. The minimum Gasteiger partial charge on any atom is -0.360 e. The van der Waals surface area contributed by atoms with E-state index in [1.54, 1.807) is 12.3 Å². The molecule has 1 saturated heterocycles. The van der Waals surface area contributed by atoms with Crippen LogP contribution in [0.4, 0.5) is 5.69 Å². The molecule has 0 saturated carbocycles. The van der Waals surface area contributed by atoms with Crippen molar-refractivity contribution in [1.82, 2.24) is 15.1 Å². The van der Waals surface area contributed by atoms with Crippen LogP contribution in [0.3, 0.4) is 0 Å². The van der Waals surface area contributed by atoms with Gasteiger partial charge in [0.15, 0.2) is 5.82 Å². The van der Waals surface area contributed by atoms with Crippen LogP contribution in [-0.2, 0) is 0 Å². The maximum Gasteiger partial charge on any atom is 0.229 e. The second-order valence-corrected chi connectivity index (χ2v) is 5.51. The van der Waals surface area contributed by atoms with E-state index in [9.17, 15) is 0 Å². The van der Waals surface area contributed by atoms with Crippen LogP contribution in [0.1, 0.15) is 56.1 Å². The van der Waals surface area contributed by atoms with Crippen molar-refractivity contribution in [2.75, 3.05) is 11.4 Å². The molecule has 0 N–H and O–H groups in total. The Labute approximate surface area is 123 Å². The van der Waals surface area contributed by atoms with E-state index in [1.165, 1.54) is 0 Å². The van der Waals surface area contributed by atoms with Crippen molar-refractivity contribution < 1.29 is 4.52 Å². The Balaban J connectivity index is 1.85. The summed E-state index contributed by atoms with van der Waals surface area (Å²) in [4.78, 5) is 10.9. The number of hydrogen-bond donors (Lipinski definition) is 0. The summed E-state index contributed by atoms with van der Waals surface area (Å²) in [6, 6.07) is 5.82. The maximum absolute atomic E-state index is 8.82. The monoisotopic (exact) mass is 283 g/mol. The van der Waals surface area contributed by atoms with Crippen molar-refractivity contribution in [3.8, 4) is 6.07 Å². The first kappa shape index (κ1) is 13.6. The second-order valence-electron chi connectivity index (χ2n) is 5.51. The predicted molar refractivity (Wildman–Crippen MR) is 76.7 cm³/mol. The minimum atomic E-state index is 0.121. The van der Waals surface area contributed by atoms with Crippen LogP contribution in [0, 0.1) is 11.3 Å². The number of pyridine rings is 1. The van der Waals surface area contributed by atoms with Crippen LogP contribution in [0.15, 0.2) is 22.9 Å². The third-order valence-electron chi connectivity index (χ3n) is 3.70. The molecule has 108 valence electrons. The van der Waals surface area contributed by atoms with Gasteiger partial charge in [-0.25, -0.2) is 4.98 Å². The van der Waals surface area contributed by atoms with Gasteiger partial charge >= 0.3 is 0 Å². The molecule has 21 heavy (non-hydrogen) atoms. The van der Waals surface area contributed by atoms with Crippen molar-refractivity contribution >= 4 is 5.69 Å². The Bertz CT molecular complexity index is 655. The van der Waals surface area contributed by atoms with Crippen molar-refractivity contribution in [2.45, 2.75) is 38.6 Å². The number of nitrogens with zero attached hydrogens (tertiary/aromatic N) is 5. The highest BCUT2D eigenvalue weighted by Crippen LogP contribution is 2.34.